The average Bonchev–Trinajstić information content (AvgIpc) is 2.58. The summed E-state index contributed by atoms with van der Waals surface area (Å²) in [6, 6.07) is 6.63. The van der Waals surface area contributed by atoms with Crippen LogP contribution in [0.3, 0.4) is 0 Å². The first-order valence-electron chi connectivity index (χ1n) is 4.69. The van der Waals surface area contributed by atoms with Crippen molar-refractivity contribution in [2.24, 2.45) is 0 Å². The molecule has 1 heterocycles. The molecular weight excluding hydrogens is 306 g/mol. The van der Waals surface area contributed by atoms with Crippen molar-refractivity contribution in [1.82, 2.24) is 9.78 Å². The zero-order chi connectivity index (χ0) is 12.6. The Morgan fingerprint density at radius 1 is 1.35 bits per heavy atom. The van der Waals surface area contributed by atoms with E-state index in [4.69, 9.17) is 5.73 Å². The van der Waals surface area contributed by atoms with Gasteiger partial charge in [0.05, 0.1) is 15.1 Å². The number of para-hydroxylation sites is 1. The van der Waals surface area contributed by atoms with Crippen molar-refractivity contribution >= 4 is 31.6 Å². The predicted molar refractivity (Wildman–Crippen MR) is 68.8 cm³/mol. The Balaban J connectivity index is 2.68. The first-order chi connectivity index (χ1) is 7.89. The highest BCUT2D eigenvalue weighted by Crippen LogP contribution is 2.23. The van der Waals surface area contributed by atoms with Crippen molar-refractivity contribution in [3.63, 3.8) is 0 Å². The molecule has 5 nitrogen and oxygen atoms in total. The van der Waals surface area contributed by atoms with Crippen LogP contribution in [0, 0.1) is 0 Å². The van der Waals surface area contributed by atoms with Gasteiger partial charge in [0, 0.05) is 12.5 Å². The minimum atomic E-state index is -3.30. The molecule has 1 aromatic carbocycles. The zero-order valence-corrected chi connectivity index (χ0v) is 11.4. The molecule has 0 amide bonds. The van der Waals surface area contributed by atoms with E-state index in [1.54, 1.807) is 24.4 Å². The number of anilines is 1. The fourth-order valence-electron chi connectivity index (χ4n) is 1.45. The molecule has 0 unspecified atom stereocenters. The number of nitrogen functional groups attached to an aromatic ring is 1. The second-order valence-electron chi connectivity index (χ2n) is 3.55. The summed E-state index contributed by atoms with van der Waals surface area (Å²) in [6.07, 6.45) is 2.78. The Morgan fingerprint density at radius 2 is 2.00 bits per heavy atom. The summed E-state index contributed by atoms with van der Waals surface area (Å²) >= 11 is 3.23. The van der Waals surface area contributed by atoms with Gasteiger partial charge in [0.15, 0.2) is 15.7 Å². The number of halogens is 1. The SMILES string of the molecule is CS(=O)(=O)c1ccccc1-n1cc(Br)c(N)n1. The van der Waals surface area contributed by atoms with Crippen molar-refractivity contribution < 1.29 is 8.42 Å². The summed E-state index contributed by atoms with van der Waals surface area (Å²) in [5.74, 6) is 0.313. The van der Waals surface area contributed by atoms with Crippen molar-refractivity contribution in [3.05, 3.63) is 34.9 Å². The normalized spacial score (nSPS) is 11.6. The molecule has 0 radical (unpaired) electrons. The number of nitrogens with two attached hydrogens (primary N) is 1. The van der Waals surface area contributed by atoms with Gasteiger partial charge in [0.2, 0.25) is 0 Å². The van der Waals surface area contributed by atoms with Crippen molar-refractivity contribution in [2.75, 3.05) is 12.0 Å². The van der Waals surface area contributed by atoms with Crippen LogP contribution in [0.1, 0.15) is 0 Å². The van der Waals surface area contributed by atoms with E-state index in [1.165, 1.54) is 10.7 Å². The van der Waals surface area contributed by atoms with Gasteiger partial charge in [-0.25, -0.2) is 13.1 Å². The Hall–Kier alpha value is -1.34. The lowest BCUT2D eigenvalue weighted by Crippen LogP contribution is -2.05. The van der Waals surface area contributed by atoms with E-state index in [2.05, 4.69) is 21.0 Å². The zero-order valence-electron chi connectivity index (χ0n) is 8.96. The maximum atomic E-state index is 11.6. The smallest absolute Gasteiger partial charge is 0.177 e. The first kappa shape index (κ1) is 12.1. The van der Waals surface area contributed by atoms with Crippen molar-refractivity contribution in [2.45, 2.75) is 4.90 Å². The van der Waals surface area contributed by atoms with Gasteiger partial charge < -0.3 is 5.73 Å². The van der Waals surface area contributed by atoms with Crippen LogP contribution in [0.2, 0.25) is 0 Å². The van der Waals surface area contributed by atoms with Gasteiger partial charge in [-0.15, -0.1) is 5.10 Å². The van der Waals surface area contributed by atoms with E-state index >= 15 is 0 Å². The number of hydrogen-bond acceptors (Lipinski definition) is 4. The van der Waals surface area contributed by atoms with E-state index in [9.17, 15) is 8.42 Å². The third kappa shape index (κ3) is 2.34. The van der Waals surface area contributed by atoms with E-state index < -0.39 is 9.84 Å². The van der Waals surface area contributed by atoms with Crippen LogP contribution in [-0.4, -0.2) is 24.5 Å². The van der Waals surface area contributed by atoms with Crippen LogP contribution >= 0.6 is 15.9 Å². The number of sulfone groups is 1. The summed E-state index contributed by atoms with van der Waals surface area (Å²) in [5, 5.41) is 4.04. The Labute approximate surface area is 107 Å². The predicted octanol–water partition coefficient (Wildman–Crippen LogP) is 1.62. The fraction of sp³-hybridized carbons (Fsp3) is 0.100. The number of aromatic nitrogens is 2. The van der Waals surface area contributed by atoms with Gasteiger partial charge in [-0.3, -0.25) is 0 Å². The van der Waals surface area contributed by atoms with Gasteiger partial charge >= 0.3 is 0 Å². The monoisotopic (exact) mass is 315 g/mol. The maximum Gasteiger partial charge on any atom is 0.177 e. The largest absolute Gasteiger partial charge is 0.381 e. The Morgan fingerprint density at radius 3 is 2.53 bits per heavy atom. The maximum absolute atomic E-state index is 11.6. The Bertz CT molecular complexity index is 644. The molecule has 2 aromatic rings. The lowest BCUT2D eigenvalue weighted by molar-refractivity contribution is 0.601. The molecule has 0 aliphatic carbocycles. The molecule has 2 rings (SSSR count). The molecule has 0 saturated heterocycles. The quantitative estimate of drug-likeness (QED) is 0.913. The highest BCUT2D eigenvalue weighted by molar-refractivity contribution is 9.10. The lowest BCUT2D eigenvalue weighted by Gasteiger charge is -2.06. The van der Waals surface area contributed by atoms with Crippen molar-refractivity contribution in [3.8, 4) is 5.69 Å². The highest BCUT2D eigenvalue weighted by atomic mass is 79.9. The van der Waals surface area contributed by atoms with Gasteiger partial charge in [0.1, 0.15) is 0 Å². The van der Waals surface area contributed by atoms with Gasteiger partial charge in [0.25, 0.3) is 0 Å². The molecule has 0 aliphatic heterocycles. The fourth-order valence-corrected chi connectivity index (χ4v) is 2.59. The summed E-state index contributed by atoms with van der Waals surface area (Å²) < 4.78 is 25.3. The molecule has 90 valence electrons. The molecule has 0 fully saturated rings. The van der Waals surface area contributed by atoms with Crippen LogP contribution in [-0.2, 0) is 9.84 Å². The van der Waals surface area contributed by atoms with E-state index in [0.29, 0.717) is 16.0 Å². The Kier molecular flexibility index (Phi) is 2.96. The molecule has 0 bridgehead atoms. The second-order valence-corrected chi connectivity index (χ2v) is 6.39. The average molecular weight is 316 g/mol. The molecule has 17 heavy (non-hydrogen) atoms. The minimum Gasteiger partial charge on any atom is -0.381 e. The summed E-state index contributed by atoms with van der Waals surface area (Å²) in [5.41, 5.74) is 6.09. The molecule has 0 atom stereocenters. The third-order valence-electron chi connectivity index (χ3n) is 2.21. The summed E-state index contributed by atoms with van der Waals surface area (Å²) in [6.45, 7) is 0. The van der Waals surface area contributed by atoms with Gasteiger partial charge in [-0.05, 0) is 28.1 Å². The molecule has 0 aliphatic rings. The minimum absolute atomic E-state index is 0.218. The molecule has 1 aromatic heterocycles. The standard InChI is InChI=1S/C10H10BrN3O2S/c1-17(15,16)9-5-3-2-4-8(9)14-6-7(11)10(12)13-14/h2-6H,1H3,(H2,12,13). The molecule has 0 spiro atoms. The van der Waals surface area contributed by atoms with Crippen LogP contribution in [0.15, 0.2) is 39.8 Å². The number of rotatable bonds is 2. The third-order valence-corrected chi connectivity index (χ3v) is 3.96. The molecule has 0 saturated carbocycles. The van der Waals surface area contributed by atoms with Crippen molar-refractivity contribution in [1.29, 1.82) is 0 Å². The first-order valence-corrected chi connectivity index (χ1v) is 7.38. The van der Waals surface area contributed by atoms with Gasteiger partial charge in [-0.2, -0.15) is 0 Å². The van der Waals surface area contributed by atoms with Crippen LogP contribution in [0.5, 0.6) is 0 Å². The topological polar surface area (TPSA) is 78.0 Å². The number of benzene rings is 1. The molecule has 2 N–H and O–H groups in total. The van der Waals surface area contributed by atoms with E-state index in [0.717, 1.165) is 6.26 Å². The van der Waals surface area contributed by atoms with E-state index in [-0.39, 0.29) is 4.90 Å². The van der Waals surface area contributed by atoms with E-state index in [1.807, 2.05) is 0 Å². The van der Waals surface area contributed by atoms with Gasteiger partial charge in [-0.1, -0.05) is 12.1 Å². The van der Waals surface area contributed by atoms with Crippen LogP contribution < -0.4 is 5.73 Å². The summed E-state index contributed by atoms with van der Waals surface area (Å²) in [7, 11) is -3.30. The lowest BCUT2D eigenvalue weighted by atomic mass is 10.3. The number of hydrogen-bond donors (Lipinski definition) is 1. The molecular formula is C10H10BrN3O2S. The van der Waals surface area contributed by atoms with Crippen LogP contribution in [0.4, 0.5) is 5.82 Å². The second kappa shape index (κ2) is 4.15. The highest BCUT2D eigenvalue weighted by Gasteiger charge is 2.15. The van der Waals surface area contributed by atoms with Crippen LogP contribution in [0.25, 0.3) is 5.69 Å². The number of nitrogens with zero attached hydrogens (tertiary/aromatic N) is 2. The summed E-state index contributed by atoms with van der Waals surface area (Å²) in [4.78, 5) is 0.218. The molecule has 7 heteroatoms.